The third-order valence-corrected chi connectivity index (χ3v) is 6.81. The first-order chi connectivity index (χ1) is 17.1. The van der Waals surface area contributed by atoms with Crippen LogP contribution in [0.5, 0.6) is 0 Å². The lowest BCUT2D eigenvalue weighted by Gasteiger charge is -2.27. The van der Waals surface area contributed by atoms with E-state index >= 15 is 0 Å². The number of rotatable bonds is 10. The van der Waals surface area contributed by atoms with E-state index in [0.717, 1.165) is 18.4 Å². The van der Waals surface area contributed by atoms with E-state index in [4.69, 9.17) is 5.26 Å². The fourth-order valence-corrected chi connectivity index (χ4v) is 4.54. The van der Waals surface area contributed by atoms with Gasteiger partial charge in [-0.05, 0) is 35.1 Å². The van der Waals surface area contributed by atoms with Gasteiger partial charge in [-0.2, -0.15) is 18.4 Å². The highest BCUT2D eigenvalue weighted by Gasteiger charge is 2.48. The fraction of sp³-hybridized carbons (Fsp3) is 0.417. The highest BCUT2D eigenvalue weighted by Crippen LogP contribution is 2.36. The van der Waals surface area contributed by atoms with E-state index in [-0.39, 0.29) is 11.1 Å². The van der Waals surface area contributed by atoms with Crippen molar-refractivity contribution >= 4 is 15.7 Å². The Morgan fingerprint density at radius 2 is 1.54 bits per heavy atom. The van der Waals surface area contributed by atoms with Gasteiger partial charge in [-0.15, -0.1) is 0 Å². The van der Waals surface area contributed by atoms with Gasteiger partial charge in [0, 0.05) is 6.26 Å². The Morgan fingerprint density at radius 3 is 1.92 bits per heavy atom. The number of benzene rings is 2. The Labute approximate surface area is 210 Å². The third-order valence-electron chi connectivity index (χ3n) is 5.88. The number of sulfone groups is 1. The van der Waals surface area contributed by atoms with E-state index in [1.165, 1.54) is 36.4 Å². The van der Waals surface area contributed by atoms with E-state index in [9.17, 15) is 40.3 Å². The van der Waals surface area contributed by atoms with Gasteiger partial charge in [-0.1, -0.05) is 48.5 Å². The summed E-state index contributed by atoms with van der Waals surface area (Å²) in [5.41, 5.74) is -0.568. The molecule has 1 amide bonds. The van der Waals surface area contributed by atoms with Crippen molar-refractivity contribution in [2.24, 2.45) is 0 Å². The predicted octanol–water partition coefficient (Wildman–Crippen LogP) is 3.43. The summed E-state index contributed by atoms with van der Waals surface area (Å²) in [4.78, 5) is 12.7. The summed E-state index contributed by atoms with van der Waals surface area (Å²) in [6, 6.07) is 8.13. The van der Waals surface area contributed by atoms with Crippen LogP contribution in [-0.4, -0.2) is 55.6 Å². The Hall–Kier alpha value is -3.08. The van der Waals surface area contributed by atoms with Crippen LogP contribution in [0.4, 0.5) is 22.0 Å². The molecule has 1 fully saturated rings. The molecule has 0 unspecified atom stereocenters. The molecule has 3 atom stereocenters. The fourth-order valence-electron chi connectivity index (χ4n) is 3.68. The number of amides is 1. The van der Waals surface area contributed by atoms with Crippen LogP contribution in [-0.2, 0) is 14.6 Å². The zero-order chi connectivity index (χ0) is 27.6. The lowest BCUT2D eigenvalue weighted by atomic mass is 9.98. The van der Waals surface area contributed by atoms with E-state index in [1.807, 2.05) is 6.07 Å². The normalized spacial score (nSPS) is 17.5. The maximum atomic E-state index is 14.0. The van der Waals surface area contributed by atoms with Crippen molar-refractivity contribution in [3.8, 4) is 17.2 Å². The molecule has 2 aromatic carbocycles. The second-order valence-corrected chi connectivity index (χ2v) is 11.2. The minimum atomic E-state index is -4.91. The van der Waals surface area contributed by atoms with Crippen molar-refractivity contribution in [1.29, 1.82) is 5.26 Å². The highest BCUT2D eigenvalue weighted by atomic mass is 32.2. The van der Waals surface area contributed by atoms with Crippen molar-refractivity contribution in [2.45, 2.75) is 49.2 Å². The zero-order valence-corrected chi connectivity index (χ0v) is 20.3. The topological polar surface area (TPSA) is 119 Å². The minimum Gasteiger partial charge on any atom is -0.382 e. The van der Waals surface area contributed by atoms with Crippen molar-refractivity contribution in [1.82, 2.24) is 10.6 Å². The number of nitrogens with zero attached hydrogens (tertiary/aromatic N) is 1. The molecule has 1 aliphatic rings. The van der Waals surface area contributed by atoms with Gasteiger partial charge in [-0.25, -0.2) is 17.2 Å². The lowest BCUT2D eigenvalue weighted by molar-refractivity contribution is -0.160. The number of alkyl halides is 5. The van der Waals surface area contributed by atoms with Gasteiger partial charge in [0.05, 0.1) is 11.8 Å². The molecule has 3 N–H and O–H groups in total. The largest absolute Gasteiger partial charge is 0.407 e. The molecule has 1 aliphatic carbocycles. The standard InChI is InChI=1S/C24H24F5N3O4S/c1-37(35,36)12-18(22(34)32-23(13-30)10-11-23)31-20(24(27,28)29)17-8-4-15(5-9-17)14-2-6-16(7-3-14)19(33)21(25)26/h2-9,18-21,31,33H,10-12H2,1H3,(H,32,34)/t18-,19+,20-/m0/s1. The molecule has 3 rings (SSSR count). The van der Waals surface area contributed by atoms with Gasteiger partial charge in [-0.3, -0.25) is 10.1 Å². The zero-order valence-electron chi connectivity index (χ0n) is 19.5. The third kappa shape index (κ3) is 7.47. The Morgan fingerprint density at radius 1 is 1.05 bits per heavy atom. The minimum absolute atomic E-state index is 0.0173. The molecule has 13 heteroatoms. The van der Waals surface area contributed by atoms with Crippen LogP contribution in [0.25, 0.3) is 11.1 Å². The summed E-state index contributed by atoms with van der Waals surface area (Å²) in [5.74, 6) is -1.94. The Kier molecular flexibility index (Phi) is 8.26. The van der Waals surface area contributed by atoms with E-state index < -0.39 is 57.8 Å². The summed E-state index contributed by atoms with van der Waals surface area (Å²) in [6.45, 7) is 0. The smallest absolute Gasteiger partial charge is 0.382 e. The molecule has 0 heterocycles. The monoisotopic (exact) mass is 545 g/mol. The number of hydrogen-bond donors (Lipinski definition) is 3. The summed E-state index contributed by atoms with van der Waals surface area (Å²) < 4.78 is 91.0. The average Bonchev–Trinajstić information content (AvgIpc) is 3.59. The maximum Gasteiger partial charge on any atom is 0.407 e. The number of aliphatic hydroxyl groups is 1. The Balaban J connectivity index is 1.85. The summed E-state index contributed by atoms with van der Waals surface area (Å²) in [7, 11) is -3.88. The summed E-state index contributed by atoms with van der Waals surface area (Å²) in [6.07, 6.45) is -8.43. The number of nitriles is 1. The van der Waals surface area contributed by atoms with Crippen LogP contribution < -0.4 is 10.6 Å². The first-order valence-electron chi connectivity index (χ1n) is 11.0. The first kappa shape index (κ1) is 28.5. The molecule has 0 aliphatic heterocycles. The molecule has 200 valence electrons. The number of hydrogen-bond acceptors (Lipinski definition) is 6. The van der Waals surface area contributed by atoms with Crippen LogP contribution in [0.2, 0.25) is 0 Å². The summed E-state index contributed by atoms with van der Waals surface area (Å²) in [5, 5.41) is 23.1. The molecule has 0 radical (unpaired) electrons. The van der Waals surface area contributed by atoms with Crippen molar-refractivity contribution in [3.05, 3.63) is 59.7 Å². The molecule has 0 saturated heterocycles. The SMILES string of the molecule is CS(=O)(=O)C[C@H](N[C@@H](c1ccc(-c2ccc([C@@H](O)C(F)F)cc2)cc1)C(F)(F)F)C(=O)NC1(C#N)CC1. The summed E-state index contributed by atoms with van der Waals surface area (Å²) >= 11 is 0. The van der Waals surface area contributed by atoms with Crippen LogP contribution in [0, 0.1) is 11.3 Å². The molecular weight excluding hydrogens is 521 g/mol. The second-order valence-electron chi connectivity index (χ2n) is 8.99. The van der Waals surface area contributed by atoms with Gasteiger partial charge in [0.1, 0.15) is 33.6 Å². The highest BCUT2D eigenvalue weighted by molar-refractivity contribution is 7.90. The number of aliphatic hydroxyl groups excluding tert-OH is 1. The van der Waals surface area contributed by atoms with Gasteiger partial charge in [0.25, 0.3) is 6.43 Å². The molecule has 37 heavy (non-hydrogen) atoms. The van der Waals surface area contributed by atoms with Crippen molar-refractivity contribution in [2.75, 3.05) is 12.0 Å². The number of nitrogens with one attached hydrogen (secondary N) is 2. The van der Waals surface area contributed by atoms with Crippen molar-refractivity contribution in [3.63, 3.8) is 0 Å². The average molecular weight is 546 g/mol. The molecule has 2 aromatic rings. The first-order valence-corrected chi connectivity index (χ1v) is 13.1. The number of carbonyl (C=O) groups is 1. The van der Waals surface area contributed by atoms with Crippen LogP contribution in [0.15, 0.2) is 48.5 Å². The van der Waals surface area contributed by atoms with Crippen LogP contribution in [0.3, 0.4) is 0 Å². The molecule has 1 saturated carbocycles. The number of halogens is 5. The van der Waals surface area contributed by atoms with Gasteiger partial charge in [0.15, 0.2) is 0 Å². The second kappa shape index (κ2) is 10.7. The Bertz CT molecular complexity index is 1260. The van der Waals surface area contributed by atoms with E-state index in [2.05, 4.69) is 10.6 Å². The predicted molar refractivity (Wildman–Crippen MR) is 124 cm³/mol. The molecule has 0 spiro atoms. The molecule has 0 bridgehead atoms. The van der Waals surface area contributed by atoms with Gasteiger partial charge < -0.3 is 10.4 Å². The van der Waals surface area contributed by atoms with Crippen LogP contribution >= 0.6 is 0 Å². The molecular formula is C24H24F5N3O4S. The molecule has 7 nitrogen and oxygen atoms in total. The van der Waals surface area contributed by atoms with Crippen LogP contribution in [0.1, 0.15) is 36.1 Å². The maximum absolute atomic E-state index is 14.0. The molecule has 0 aromatic heterocycles. The van der Waals surface area contributed by atoms with Gasteiger partial charge >= 0.3 is 6.18 Å². The lowest BCUT2D eigenvalue weighted by Crippen LogP contribution is -2.54. The quantitative estimate of drug-likeness (QED) is 0.394. The van der Waals surface area contributed by atoms with E-state index in [1.54, 1.807) is 0 Å². The number of carbonyl (C=O) groups excluding carboxylic acids is 1. The van der Waals surface area contributed by atoms with Gasteiger partial charge in [0.2, 0.25) is 5.91 Å². The van der Waals surface area contributed by atoms with E-state index in [0.29, 0.717) is 24.0 Å². The van der Waals surface area contributed by atoms with Crippen molar-refractivity contribution < 1.29 is 40.3 Å².